The molecule has 0 saturated heterocycles. The second-order valence-corrected chi connectivity index (χ2v) is 5.57. The van der Waals surface area contributed by atoms with E-state index in [9.17, 15) is 14.4 Å². The molecule has 0 aromatic heterocycles. The molecule has 2 rings (SSSR count). The molecule has 5 nitrogen and oxygen atoms in total. The number of hydrogen-bond donors (Lipinski definition) is 2. The number of nitrogens with one attached hydrogen (secondary N) is 2. The highest BCUT2D eigenvalue weighted by atomic mass is 16.2. The van der Waals surface area contributed by atoms with Crippen molar-refractivity contribution < 1.29 is 14.4 Å². The molecule has 2 amide bonds. The maximum Gasteiger partial charge on any atom is 0.247 e. The molecule has 2 aromatic carbocycles. The molecule has 0 radical (unpaired) electrons. The van der Waals surface area contributed by atoms with Crippen molar-refractivity contribution in [1.82, 2.24) is 5.32 Å². The second kappa shape index (κ2) is 8.06. The molecule has 0 aliphatic rings. The lowest BCUT2D eigenvalue weighted by molar-refractivity contribution is -0.125. The fourth-order valence-corrected chi connectivity index (χ4v) is 2.32. The third-order valence-electron chi connectivity index (χ3n) is 3.54. The van der Waals surface area contributed by atoms with Gasteiger partial charge in [-0.15, -0.1) is 0 Å². The maximum absolute atomic E-state index is 12.5. The molecular formula is C19H20N2O3. The topological polar surface area (TPSA) is 75.3 Å². The van der Waals surface area contributed by atoms with E-state index in [0.29, 0.717) is 17.7 Å². The quantitative estimate of drug-likeness (QED) is 0.802. The Bertz CT molecular complexity index is 724. The average molecular weight is 324 g/mol. The lowest BCUT2D eigenvalue weighted by Gasteiger charge is -2.18. The van der Waals surface area contributed by atoms with Crippen molar-refractivity contribution in [2.24, 2.45) is 0 Å². The summed E-state index contributed by atoms with van der Waals surface area (Å²) in [6, 6.07) is 15.5. The average Bonchev–Trinajstić information content (AvgIpc) is 2.55. The largest absolute Gasteiger partial charge is 0.344 e. The third-order valence-corrected chi connectivity index (χ3v) is 3.54. The number of carbonyl (C=O) groups excluding carboxylic acids is 3. The number of ketones is 1. The van der Waals surface area contributed by atoms with Gasteiger partial charge >= 0.3 is 0 Å². The summed E-state index contributed by atoms with van der Waals surface area (Å²) in [5.41, 5.74) is 2.11. The molecule has 5 heteroatoms. The van der Waals surface area contributed by atoms with E-state index in [1.54, 1.807) is 24.3 Å². The lowest BCUT2D eigenvalue weighted by atomic mass is 10.0. The van der Waals surface area contributed by atoms with Gasteiger partial charge in [0.25, 0.3) is 0 Å². The number of anilines is 1. The van der Waals surface area contributed by atoms with Crippen LogP contribution in [0.15, 0.2) is 54.6 Å². The minimum absolute atomic E-state index is 0.0342. The third kappa shape index (κ3) is 5.05. The maximum atomic E-state index is 12.5. The van der Waals surface area contributed by atoms with Gasteiger partial charge in [0.1, 0.15) is 6.04 Å². The summed E-state index contributed by atoms with van der Waals surface area (Å²) in [6.45, 7) is 2.87. The van der Waals surface area contributed by atoms with Crippen LogP contribution in [0.3, 0.4) is 0 Å². The van der Waals surface area contributed by atoms with Gasteiger partial charge in [0.15, 0.2) is 5.78 Å². The Morgan fingerprint density at radius 2 is 1.54 bits per heavy atom. The first-order valence-electron chi connectivity index (χ1n) is 7.68. The molecule has 124 valence electrons. The minimum atomic E-state index is -0.669. The number of benzene rings is 2. The van der Waals surface area contributed by atoms with Crippen molar-refractivity contribution in [3.05, 3.63) is 65.7 Å². The van der Waals surface area contributed by atoms with Crippen molar-refractivity contribution in [2.45, 2.75) is 26.3 Å². The molecule has 2 N–H and O–H groups in total. The summed E-state index contributed by atoms with van der Waals surface area (Å²) < 4.78 is 0. The molecule has 0 aliphatic heterocycles. The fraction of sp³-hybridized carbons (Fsp3) is 0.211. The first-order valence-corrected chi connectivity index (χ1v) is 7.68. The lowest BCUT2D eigenvalue weighted by Crippen LogP contribution is -2.44. The van der Waals surface area contributed by atoms with Crippen molar-refractivity contribution in [2.75, 3.05) is 5.32 Å². The Morgan fingerprint density at radius 1 is 0.917 bits per heavy atom. The molecule has 0 aliphatic carbocycles. The van der Waals surface area contributed by atoms with Gasteiger partial charge in [-0.2, -0.15) is 0 Å². The Labute approximate surface area is 141 Å². The van der Waals surface area contributed by atoms with Crippen LogP contribution in [0.2, 0.25) is 0 Å². The molecule has 0 bridgehead atoms. The zero-order chi connectivity index (χ0) is 17.5. The molecule has 1 atom stereocenters. The van der Waals surface area contributed by atoms with Gasteiger partial charge in [-0.25, -0.2) is 0 Å². The van der Waals surface area contributed by atoms with Crippen molar-refractivity contribution >= 4 is 23.3 Å². The van der Waals surface area contributed by atoms with E-state index in [2.05, 4.69) is 10.6 Å². The standard InChI is InChI=1S/C19H20N2O3/c1-13(22)16-8-10-17(11-9-16)21-19(24)18(20-14(2)23)12-15-6-4-3-5-7-15/h3-11,18H,12H2,1-2H3,(H,20,23)(H,21,24)/t18-/m1/s1. The molecule has 0 saturated carbocycles. The van der Waals surface area contributed by atoms with Gasteiger partial charge in [-0.1, -0.05) is 30.3 Å². The molecular weight excluding hydrogens is 304 g/mol. The van der Waals surface area contributed by atoms with Gasteiger partial charge in [0.2, 0.25) is 11.8 Å². The molecule has 24 heavy (non-hydrogen) atoms. The van der Waals surface area contributed by atoms with Crippen LogP contribution in [-0.4, -0.2) is 23.6 Å². The van der Waals surface area contributed by atoms with Crippen LogP contribution in [0, 0.1) is 0 Å². The summed E-state index contributed by atoms with van der Waals surface area (Å²) in [5, 5.41) is 5.44. The fourth-order valence-electron chi connectivity index (χ4n) is 2.32. The van der Waals surface area contributed by atoms with Crippen LogP contribution < -0.4 is 10.6 Å². The van der Waals surface area contributed by atoms with Gasteiger partial charge in [-0.05, 0) is 36.8 Å². The van der Waals surface area contributed by atoms with E-state index in [-0.39, 0.29) is 17.6 Å². The predicted molar refractivity (Wildman–Crippen MR) is 92.8 cm³/mol. The first-order chi connectivity index (χ1) is 11.5. The normalized spacial score (nSPS) is 11.4. The van der Waals surface area contributed by atoms with E-state index in [0.717, 1.165) is 5.56 Å². The highest BCUT2D eigenvalue weighted by molar-refractivity contribution is 5.98. The highest BCUT2D eigenvalue weighted by Gasteiger charge is 2.20. The van der Waals surface area contributed by atoms with E-state index < -0.39 is 6.04 Å². The Balaban J connectivity index is 2.09. The predicted octanol–water partition coefficient (Wildman–Crippen LogP) is 2.58. The monoisotopic (exact) mass is 324 g/mol. The molecule has 0 fully saturated rings. The summed E-state index contributed by atoms with van der Waals surface area (Å²) in [7, 11) is 0. The summed E-state index contributed by atoms with van der Waals surface area (Å²) in [5.74, 6) is -0.601. The van der Waals surface area contributed by atoms with Crippen LogP contribution in [0.5, 0.6) is 0 Å². The van der Waals surface area contributed by atoms with Crippen LogP contribution in [0.4, 0.5) is 5.69 Å². The molecule has 2 aromatic rings. The summed E-state index contributed by atoms with van der Waals surface area (Å²) >= 11 is 0. The SMILES string of the molecule is CC(=O)N[C@H](Cc1ccccc1)C(=O)Nc1ccc(C(C)=O)cc1. The smallest absolute Gasteiger partial charge is 0.247 e. The van der Waals surface area contributed by atoms with Gasteiger partial charge in [-0.3, -0.25) is 14.4 Å². The van der Waals surface area contributed by atoms with Crippen molar-refractivity contribution in [3.8, 4) is 0 Å². The molecule has 0 spiro atoms. The molecule has 0 unspecified atom stereocenters. The number of hydrogen-bond acceptors (Lipinski definition) is 3. The van der Waals surface area contributed by atoms with Crippen LogP contribution in [0.25, 0.3) is 0 Å². The highest BCUT2D eigenvalue weighted by Crippen LogP contribution is 2.12. The number of rotatable bonds is 6. The zero-order valence-corrected chi connectivity index (χ0v) is 13.7. The Kier molecular flexibility index (Phi) is 5.84. The van der Waals surface area contributed by atoms with Crippen molar-refractivity contribution in [1.29, 1.82) is 0 Å². The Hall–Kier alpha value is -2.95. The first kappa shape index (κ1) is 17.4. The minimum Gasteiger partial charge on any atom is -0.344 e. The van der Waals surface area contributed by atoms with E-state index in [1.165, 1.54) is 13.8 Å². The number of Topliss-reactive ketones (excluding diaryl/α,β-unsaturated/α-hetero) is 1. The van der Waals surface area contributed by atoms with E-state index in [4.69, 9.17) is 0 Å². The summed E-state index contributed by atoms with van der Waals surface area (Å²) in [6.07, 6.45) is 0.401. The van der Waals surface area contributed by atoms with Crippen molar-refractivity contribution in [3.63, 3.8) is 0 Å². The zero-order valence-electron chi connectivity index (χ0n) is 13.7. The number of amides is 2. The van der Waals surface area contributed by atoms with Crippen LogP contribution in [0.1, 0.15) is 29.8 Å². The Morgan fingerprint density at radius 3 is 2.08 bits per heavy atom. The van der Waals surface area contributed by atoms with Crippen LogP contribution in [-0.2, 0) is 16.0 Å². The van der Waals surface area contributed by atoms with Crippen LogP contribution >= 0.6 is 0 Å². The number of carbonyl (C=O) groups is 3. The molecule has 0 heterocycles. The van der Waals surface area contributed by atoms with Gasteiger partial charge < -0.3 is 10.6 Å². The van der Waals surface area contributed by atoms with Gasteiger partial charge in [0.05, 0.1) is 0 Å². The van der Waals surface area contributed by atoms with E-state index >= 15 is 0 Å². The second-order valence-electron chi connectivity index (χ2n) is 5.57. The van der Waals surface area contributed by atoms with E-state index in [1.807, 2.05) is 30.3 Å². The summed E-state index contributed by atoms with van der Waals surface area (Å²) in [4.78, 5) is 35.1. The van der Waals surface area contributed by atoms with Gasteiger partial charge in [0, 0.05) is 24.6 Å².